The summed E-state index contributed by atoms with van der Waals surface area (Å²) < 4.78 is 10.1. The van der Waals surface area contributed by atoms with Crippen molar-refractivity contribution in [1.29, 1.82) is 0 Å². The van der Waals surface area contributed by atoms with E-state index in [4.69, 9.17) is 32.7 Å². The number of hydrogen-bond acceptors (Lipinski definition) is 5. The van der Waals surface area contributed by atoms with Crippen molar-refractivity contribution in [1.82, 2.24) is 5.32 Å². The molecular weight excluding hydrogens is 407 g/mol. The summed E-state index contributed by atoms with van der Waals surface area (Å²) in [5.41, 5.74) is 0.443. The van der Waals surface area contributed by atoms with Gasteiger partial charge in [-0.2, -0.15) is 0 Å². The minimum absolute atomic E-state index is 0.216. The Morgan fingerprint density at radius 1 is 0.964 bits per heavy atom. The van der Waals surface area contributed by atoms with Gasteiger partial charge < -0.3 is 9.47 Å². The van der Waals surface area contributed by atoms with E-state index in [2.05, 4.69) is 5.32 Å². The molecule has 28 heavy (non-hydrogen) atoms. The van der Waals surface area contributed by atoms with E-state index >= 15 is 0 Å². The van der Waals surface area contributed by atoms with E-state index in [9.17, 15) is 14.4 Å². The van der Waals surface area contributed by atoms with Crippen molar-refractivity contribution in [2.75, 3.05) is 19.1 Å². The summed E-state index contributed by atoms with van der Waals surface area (Å²) in [6.07, 6.45) is 1.30. The lowest BCUT2D eigenvalue weighted by molar-refractivity contribution is -0.122. The van der Waals surface area contributed by atoms with Crippen LogP contribution in [-0.4, -0.2) is 32.1 Å². The third-order valence-corrected chi connectivity index (χ3v) is 4.53. The number of nitrogens with one attached hydrogen (secondary N) is 1. The molecule has 0 bridgehead atoms. The highest BCUT2D eigenvalue weighted by atomic mass is 35.5. The van der Waals surface area contributed by atoms with Gasteiger partial charge in [-0.1, -0.05) is 23.2 Å². The summed E-state index contributed by atoms with van der Waals surface area (Å²) in [6, 6.07) is 8.40. The predicted octanol–water partition coefficient (Wildman–Crippen LogP) is 3.68. The number of carbonyl (C=O) groups is 3. The number of rotatable bonds is 4. The average Bonchev–Trinajstić information content (AvgIpc) is 2.65. The molecule has 1 fully saturated rings. The summed E-state index contributed by atoms with van der Waals surface area (Å²) in [5.74, 6) is -0.757. The zero-order valence-electron chi connectivity index (χ0n) is 14.8. The van der Waals surface area contributed by atoms with Gasteiger partial charge in [0.15, 0.2) is 5.75 Å². The first kappa shape index (κ1) is 19.7. The molecule has 1 saturated heterocycles. The Morgan fingerprint density at radius 3 is 2.11 bits per heavy atom. The lowest BCUT2D eigenvalue weighted by atomic mass is 10.1. The molecule has 144 valence electrons. The van der Waals surface area contributed by atoms with Crippen LogP contribution in [0.25, 0.3) is 6.08 Å². The smallest absolute Gasteiger partial charge is 0.335 e. The monoisotopic (exact) mass is 420 g/mol. The van der Waals surface area contributed by atoms with Crippen LogP contribution in [0.4, 0.5) is 10.5 Å². The van der Waals surface area contributed by atoms with Crippen molar-refractivity contribution in [3.8, 4) is 11.5 Å². The van der Waals surface area contributed by atoms with Crippen LogP contribution in [0.15, 0.2) is 42.0 Å². The van der Waals surface area contributed by atoms with Gasteiger partial charge in [0.1, 0.15) is 11.3 Å². The third-order valence-electron chi connectivity index (χ3n) is 3.97. The zero-order valence-corrected chi connectivity index (χ0v) is 16.3. The first-order valence-electron chi connectivity index (χ1n) is 7.94. The van der Waals surface area contributed by atoms with Gasteiger partial charge in [-0.15, -0.1) is 0 Å². The van der Waals surface area contributed by atoms with Gasteiger partial charge in [0, 0.05) is 0 Å². The van der Waals surface area contributed by atoms with Crippen LogP contribution in [0.5, 0.6) is 11.5 Å². The molecule has 1 N–H and O–H groups in total. The molecule has 7 nitrogen and oxygen atoms in total. The van der Waals surface area contributed by atoms with Gasteiger partial charge in [0.2, 0.25) is 0 Å². The maximum atomic E-state index is 12.9. The Bertz CT molecular complexity index is 979. The summed E-state index contributed by atoms with van der Waals surface area (Å²) >= 11 is 12.2. The molecule has 2 aromatic rings. The number of carbonyl (C=O) groups excluding carboxylic acids is 3. The summed E-state index contributed by atoms with van der Waals surface area (Å²) in [4.78, 5) is 38.2. The number of nitrogens with zero attached hydrogens (tertiary/aromatic N) is 1. The van der Waals surface area contributed by atoms with Gasteiger partial charge >= 0.3 is 6.03 Å². The van der Waals surface area contributed by atoms with E-state index in [1.54, 1.807) is 12.1 Å². The number of urea groups is 1. The lowest BCUT2D eigenvalue weighted by Gasteiger charge is -2.26. The fourth-order valence-electron chi connectivity index (χ4n) is 2.65. The first-order valence-corrected chi connectivity index (χ1v) is 8.70. The second-order valence-electron chi connectivity index (χ2n) is 5.67. The standard InChI is InChI=1S/C19H14Cl2N2O5/c1-27-12-5-3-11(4-6-12)23-18(25)13(17(24)22-19(23)26)7-10-8-14(20)16(28-2)15(21)9-10/h3-9H,1-2H3,(H,22,24,26). The Hall–Kier alpha value is -3.03. The number of halogens is 2. The zero-order chi connectivity index (χ0) is 20.4. The highest BCUT2D eigenvalue weighted by Crippen LogP contribution is 2.35. The van der Waals surface area contributed by atoms with E-state index in [0.717, 1.165) is 4.90 Å². The fourth-order valence-corrected chi connectivity index (χ4v) is 3.31. The van der Waals surface area contributed by atoms with E-state index in [1.807, 2.05) is 0 Å². The molecule has 0 spiro atoms. The van der Waals surface area contributed by atoms with Crippen LogP contribution in [0, 0.1) is 0 Å². The molecule has 4 amide bonds. The van der Waals surface area contributed by atoms with Crippen LogP contribution >= 0.6 is 23.2 Å². The number of amides is 4. The Kier molecular flexibility index (Phi) is 5.58. The molecule has 2 aromatic carbocycles. The van der Waals surface area contributed by atoms with E-state index < -0.39 is 17.8 Å². The van der Waals surface area contributed by atoms with E-state index in [1.165, 1.54) is 44.6 Å². The molecule has 0 radical (unpaired) electrons. The maximum Gasteiger partial charge on any atom is 0.335 e. The molecule has 0 aromatic heterocycles. The molecule has 1 aliphatic rings. The SMILES string of the molecule is COc1ccc(N2C(=O)NC(=O)C(=Cc3cc(Cl)c(OC)c(Cl)c3)C2=O)cc1. The molecular formula is C19H14Cl2N2O5. The topological polar surface area (TPSA) is 84.9 Å². The second kappa shape index (κ2) is 7.92. The molecule has 3 rings (SSSR count). The largest absolute Gasteiger partial charge is 0.497 e. The number of methoxy groups -OCH3 is 2. The molecule has 0 aliphatic carbocycles. The van der Waals surface area contributed by atoms with Gasteiger partial charge in [-0.3, -0.25) is 14.9 Å². The van der Waals surface area contributed by atoms with Gasteiger partial charge in [-0.25, -0.2) is 9.69 Å². The van der Waals surface area contributed by atoms with Crippen molar-refractivity contribution in [2.24, 2.45) is 0 Å². The van der Waals surface area contributed by atoms with E-state index in [-0.39, 0.29) is 27.1 Å². The van der Waals surface area contributed by atoms with Crippen molar-refractivity contribution in [2.45, 2.75) is 0 Å². The summed E-state index contributed by atoms with van der Waals surface area (Å²) in [7, 11) is 2.92. The number of barbiturate groups is 1. The minimum atomic E-state index is -0.844. The first-order chi connectivity index (χ1) is 13.3. The molecule has 0 atom stereocenters. The second-order valence-corrected chi connectivity index (χ2v) is 6.49. The van der Waals surface area contributed by atoms with Gasteiger partial charge in [-0.05, 0) is 48.0 Å². The normalized spacial score (nSPS) is 15.6. The fraction of sp³-hybridized carbons (Fsp3) is 0.105. The molecule has 1 heterocycles. The average molecular weight is 421 g/mol. The quantitative estimate of drug-likeness (QED) is 0.602. The van der Waals surface area contributed by atoms with Crippen LogP contribution in [0.2, 0.25) is 10.0 Å². The minimum Gasteiger partial charge on any atom is -0.497 e. The molecule has 1 aliphatic heterocycles. The predicted molar refractivity (Wildman–Crippen MR) is 105 cm³/mol. The van der Waals surface area contributed by atoms with Crippen molar-refractivity contribution in [3.63, 3.8) is 0 Å². The number of imide groups is 2. The van der Waals surface area contributed by atoms with Gasteiger partial charge in [0.25, 0.3) is 11.8 Å². The van der Waals surface area contributed by atoms with Crippen molar-refractivity contribution in [3.05, 3.63) is 57.6 Å². The molecule has 9 heteroatoms. The van der Waals surface area contributed by atoms with Crippen LogP contribution in [0.1, 0.15) is 5.56 Å². The Labute approximate surface area is 170 Å². The van der Waals surface area contributed by atoms with Crippen LogP contribution in [0.3, 0.4) is 0 Å². The third kappa shape index (κ3) is 3.67. The molecule has 0 unspecified atom stereocenters. The maximum absolute atomic E-state index is 12.9. The lowest BCUT2D eigenvalue weighted by Crippen LogP contribution is -2.54. The highest BCUT2D eigenvalue weighted by molar-refractivity contribution is 6.40. The number of anilines is 1. The van der Waals surface area contributed by atoms with Crippen molar-refractivity contribution >= 4 is 52.8 Å². The highest BCUT2D eigenvalue weighted by Gasteiger charge is 2.36. The number of hydrogen-bond donors (Lipinski definition) is 1. The summed E-state index contributed by atoms with van der Waals surface area (Å²) in [6.45, 7) is 0. The Morgan fingerprint density at radius 2 is 1.57 bits per heavy atom. The molecule has 0 saturated carbocycles. The number of ether oxygens (including phenoxy) is 2. The van der Waals surface area contributed by atoms with E-state index in [0.29, 0.717) is 11.3 Å². The van der Waals surface area contributed by atoms with Gasteiger partial charge in [0.05, 0.1) is 30.0 Å². The summed E-state index contributed by atoms with van der Waals surface area (Å²) in [5, 5.41) is 2.58. The number of benzene rings is 2. The van der Waals surface area contributed by atoms with Crippen LogP contribution in [-0.2, 0) is 9.59 Å². The van der Waals surface area contributed by atoms with Crippen LogP contribution < -0.4 is 19.7 Å². The van der Waals surface area contributed by atoms with Crippen molar-refractivity contribution < 1.29 is 23.9 Å². The Balaban J connectivity index is 2.01.